The molecule has 3 nitrogen and oxygen atoms in total. The predicted molar refractivity (Wildman–Crippen MR) is 66.7 cm³/mol. The first-order valence-electron chi connectivity index (χ1n) is 6.78. The number of rotatable bonds is 4. The van der Waals surface area contributed by atoms with E-state index in [4.69, 9.17) is 4.74 Å². The second-order valence-corrected chi connectivity index (χ2v) is 5.45. The second-order valence-electron chi connectivity index (χ2n) is 5.45. The lowest BCUT2D eigenvalue weighted by molar-refractivity contribution is 0.134. The summed E-state index contributed by atoms with van der Waals surface area (Å²) < 4.78 is 5.48. The lowest BCUT2D eigenvalue weighted by Gasteiger charge is -2.34. The molecule has 0 aromatic carbocycles. The topological polar surface area (TPSA) is 24.5 Å². The summed E-state index contributed by atoms with van der Waals surface area (Å²) in [7, 11) is 2.26. The highest BCUT2D eigenvalue weighted by atomic mass is 16.5. The van der Waals surface area contributed by atoms with Crippen molar-refractivity contribution in [2.45, 2.75) is 44.7 Å². The zero-order valence-corrected chi connectivity index (χ0v) is 10.7. The Balaban J connectivity index is 1.74. The summed E-state index contributed by atoms with van der Waals surface area (Å²) in [6, 6.07) is 1.37. The largest absolute Gasteiger partial charge is 0.381 e. The standard InChI is InChI=1S/C13H26N2O/c1-11(12-6-8-16-10-12)15(2)9-13-5-3-4-7-14-13/h11-14H,3-10H2,1-2H3. The van der Waals surface area contributed by atoms with Gasteiger partial charge in [-0.1, -0.05) is 6.42 Å². The average molecular weight is 226 g/mol. The van der Waals surface area contributed by atoms with Crippen molar-refractivity contribution in [2.24, 2.45) is 5.92 Å². The Hall–Kier alpha value is -0.120. The smallest absolute Gasteiger partial charge is 0.0509 e. The van der Waals surface area contributed by atoms with Crippen LogP contribution in [0, 0.1) is 5.92 Å². The van der Waals surface area contributed by atoms with E-state index in [0.717, 1.165) is 19.1 Å². The maximum atomic E-state index is 5.48. The Morgan fingerprint density at radius 1 is 1.38 bits per heavy atom. The highest BCUT2D eigenvalue weighted by Crippen LogP contribution is 2.20. The van der Waals surface area contributed by atoms with E-state index < -0.39 is 0 Å². The zero-order valence-electron chi connectivity index (χ0n) is 10.7. The molecule has 94 valence electrons. The average Bonchev–Trinajstić information content (AvgIpc) is 2.83. The van der Waals surface area contributed by atoms with E-state index in [1.54, 1.807) is 0 Å². The Bertz CT molecular complexity index is 198. The minimum atomic E-state index is 0.659. The quantitative estimate of drug-likeness (QED) is 0.786. The third kappa shape index (κ3) is 3.19. The number of piperidine rings is 1. The first-order chi connectivity index (χ1) is 7.77. The fraction of sp³-hybridized carbons (Fsp3) is 1.00. The summed E-state index contributed by atoms with van der Waals surface area (Å²) in [6.45, 7) is 6.67. The lowest BCUT2D eigenvalue weighted by atomic mass is 9.98. The number of nitrogens with one attached hydrogen (secondary N) is 1. The molecule has 0 aromatic rings. The lowest BCUT2D eigenvalue weighted by Crippen LogP contribution is -2.46. The molecule has 3 unspecified atom stereocenters. The van der Waals surface area contributed by atoms with Crippen LogP contribution in [0.15, 0.2) is 0 Å². The first kappa shape index (κ1) is 12.3. The highest BCUT2D eigenvalue weighted by molar-refractivity contribution is 4.81. The van der Waals surface area contributed by atoms with Crippen LogP contribution in [0.1, 0.15) is 32.6 Å². The van der Waals surface area contributed by atoms with Crippen molar-refractivity contribution >= 4 is 0 Å². The molecule has 0 bridgehead atoms. The molecule has 16 heavy (non-hydrogen) atoms. The molecule has 3 atom stereocenters. The monoisotopic (exact) mass is 226 g/mol. The van der Waals surface area contributed by atoms with Crippen LogP contribution in [-0.2, 0) is 4.74 Å². The fourth-order valence-electron chi connectivity index (χ4n) is 2.89. The summed E-state index contributed by atoms with van der Waals surface area (Å²) in [5.41, 5.74) is 0. The van der Waals surface area contributed by atoms with Gasteiger partial charge in [-0.15, -0.1) is 0 Å². The SMILES string of the molecule is CC(C1CCOC1)N(C)CC1CCCCN1. The van der Waals surface area contributed by atoms with Crippen molar-refractivity contribution < 1.29 is 4.74 Å². The molecule has 0 aromatic heterocycles. The van der Waals surface area contributed by atoms with Crippen LogP contribution in [0.5, 0.6) is 0 Å². The van der Waals surface area contributed by atoms with Gasteiger partial charge in [-0.3, -0.25) is 0 Å². The normalized spacial score (nSPS) is 33.2. The molecule has 2 aliphatic rings. The van der Waals surface area contributed by atoms with Crippen molar-refractivity contribution in [2.75, 3.05) is 33.4 Å². The van der Waals surface area contributed by atoms with Crippen molar-refractivity contribution in [3.05, 3.63) is 0 Å². The van der Waals surface area contributed by atoms with Gasteiger partial charge in [-0.05, 0) is 45.7 Å². The number of nitrogens with zero attached hydrogens (tertiary/aromatic N) is 1. The zero-order chi connectivity index (χ0) is 11.4. The summed E-state index contributed by atoms with van der Waals surface area (Å²) >= 11 is 0. The molecular formula is C13H26N2O. The third-order valence-electron chi connectivity index (χ3n) is 4.26. The molecule has 1 N–H and O–H groups in total. The first-order valence-corrected chi connectivity index (χ1v) is 6.78. The summed E-state index contributed by atoms with van der Waals surface area (Å²) in [6.07, 6.45) is 5.33. The minimum Gasteiger partial charge on any atom is -0.381 e. The van der Waals surface area contributed by atoms with Crippen LogP contribution in [-0.4, -0.2) is 50.3 Å². The number of hydrogen-bond acceptors (Lipinski definition) is 3. The van der Waals surface area contributed by atoms with Gasteiger partial charge in [0.1, 0.15) is 0 Å². The van der Waals surface area contributed by atoms with E-state index in [9.17, 15) is 0 Å². The van der Waals surface area contributed by atoms with E-state index in [0.29, 0.717) is 12.1 Å². The van der Waals surface area contributed by atoms with Crippen LogP contribution in [0.3, 0.4) is 0 Å². The molecule has 0 saturated carbocycles. The number of likely N-dealkylation sites (N-methyl/N-ethyl adjacent to an activating group) is 1. The van der Waals surface area contributed by atoms with E-state index in [1.165, 1.54) is 38.8 Å². The molecule has 0 amide bonds. The summed E-state index contributed by atoms with van der Waals surface area (Å²) in [5, 5.41) is 3.62. The number of hydrogen-bond donors (Lipinski definition) is 1. The van der Waals surface area contributed by atoms with Gasteiger partial charge in [0.2, 0.25) is 0 Å². The van der Waals surface area contributed by atoms with Gasteiger partial charge in [0.15, 0.2) is 0 Å². The van der Waals surface area contributed by atoms with Crippen LogP contribution >= 0.6 is 0 Å². The summed E-state index contributed by atoms with van der Waals surface area (Å²) in [5.74, 6) is 0.744. The van der Waals surface area contributed by atoms with Crippen LogP contribution in [0.4, 0.5) is 0 Å². The van der Waals surface area contributed by atoms with Gasteiger partial charge in [-0.25, -0.2) is 0 Å². The molecule has 3 heteroatoms. The number of ether oxygens (including phenoxy) is 1. The van der Waals surface area contributed by atoms with Crippen LogP contribution < -0.4 is 5.32 Å². The van der Waals surface area contributed by atoms with E-state index >= 15 is 0 Å². The Morgan fingerprint density at radius 3 is 2.88 bits per heavy atom. The van der Waals surface area contributed by atoms with Gasteiger partial charge < -0.3 is 15.0 Å². The van der Waals surface area contributed by atoms with E-state index in [2.05, 4.69) is 24.2 Å². The van der Waals surface area contributed by atoms with Crippen molar-refractivity contribution in [1.29, 1.82) is 0 Å². The van der Waals surface area contributed by atoms with Crippen molar-refractivity contribution in [1.82, 2.24) is 10.2 Å². The molecule has 2 fully saturated rings. The maximum Gasteiger partial charge on any atom is 0.0509 e. The molecule has 2 saturated heterocycles. The van der Waals surface area contributed by atoms with Crippen molar-refractivity contribution in [3.8, 4) is 0 Å². The Labute approximate surface area is 99.5 Å². The molecule has 0 spiro atoms. The maximum absolute atomic E-state index is 5.48. The molecular weight excluding hydrogens is 200 g/mol. The van der Waals surface area contributed by atoms with E-state index in [-0.39, 0.29) is 0 Å². The van der Waals surface area contributed by atoms with Gasteiger partial charge in [-0.2, -0.15) is 0 Å². The fourth-order valence-corrected chi connectivity index (χ4v) is 2.89. The Morgan fingerprint density at radius 2 is 2.25 bits per heavy atom. The molecule has 0 radical (unpaired) electrons. The van der Waals surface area contributed by atoms with Crippen LogP contribution in [0.25, 0.3) is 0 Å². The summed E-state index contributed by atoms with van der Waals surface area (Å²) in [4.78, 5) is 2.52. The third-order valence-corrected chi connectivity index (χ3v) is 4.26. The van der Waals surface area contributed by atoms with Gasteiger partial charge >= 0.3 is 0 Å². The van der Waals surface area contributed by atoms with Crippen molar-refractivity contribution in [3.63, 3.8) is 0 Å². The molecule has 2 aliphatic heterocycles. The van der Waals surface area contributed by atoms with Gasteiger partial charge in [0.25, 0.3) is 0 Å². The van der Waals surface area contributed by atoms with Crippen LogP contribution in [0.2, 0.25) is 0 Å². The highest BCUT2D eigenvalue weighted by Gasteiger charge is 2.26. The van der Waals surface area contributed by atoms with Gasteiger partial charge in [0, 0.05) is 25.2 Å². The van der Waals surface area contributed by atoms with E-state index in [1.807, 2.05) is 0 Å². The van der Waals surface area contributed by atoms with Gasteiger partial charge in [0.05, 0.1) is 6.61 Å². The minimum absolute atomic E-state index is 0.659. The molecule has 2 rings (SSSR count). The predicted octanol–water partition coefficient (Wildman–Crippen LogP) is 1.49. The Kier molecular flexibility index (Phi) is 4.62. The second kappa shape index (κ2) is 5.99. The molecule has 2 heterocycles. The molecule has 0 aliphatic carbocycles.